The van der Waals surface area contributed by atoms with Crippen molar-refractivity contribution in [3.8, 4) is 0 Å². The first-order valence-electron chi connectivity index (χ1n) is 9.94. The highest BCUT2D eigenvalue weighted by Crippen LogP contribution is 2.33. The van der Waals surface area contributed by atoms with E-state index in [1.54, 1.807) is 6.92 Å². The fourth-order valence-corrected chi connectivity index (χ4v) is 3.97. The van der Waals surface area contributed by atoms with Crippen LogP contribution in [0.15, 0.2) is 66.7 Å². The van der Waals surface area contributed by atoms with E-state index in [0.717, 1.165) is 27.7 Å². The van der Waals surface area contributed by atoms with Crippen LogP contribution in [0.3, 0.4) is 0 Å². The number of imide groups is 1. The highest BCUT2D eigenvalue weighted by molar-refractivity contribution is 6.11. The molecule has 6 nitrogen and oxygen atoms in total. The molecule has 0 aliphatic carbocycles. The zero-order valence-corrected chi connectivity index (χ0v) is 16.9. The molecule has 1 fully saturated rings. The summed E-state index contributed by atoms with van der Waals surface area (Å²) in [5.41, 5.74) is 1.15. The molecule has 30 heavy (non-hydrogen) atoms. The molecule has 0 radical (unpaired) electrons. The number of nitrogens with zero attached hydrogens (tertiary/aromatic N) is 1. The van der Waals surface area contributed by atoms with Crippen LogP contribution in [0.5, 0.6) is 0 Å². The molecule has 1 saturated heterocycles. The Morgan fingerprint density at radius 1 is 1.00 bits per heavy atom. The van der Waals surface area contributed by atoms with Gasteiger partial charge in [-0.1, -0.05) is 67.6 Å². The Balaban J connectivity index is 1.59. The first kappa shape index (κ1) is 19.6. The molecule has 3 aromatic rings. The number of rotatable bonds is 5. The molecule has 0 saturated carbocycles. The summed E-state index contributed by atoms with van der Waals surface area (Å²) in [5.74, 6) is -0.857. The predicted octanol–water partition coefficient (Wildman–Crippen LogP) is 3.81. The summed E-state index contributed by atoms with van der Waals surface area (Å²) >= 11 is 0. The van der Waals surface area contributed by atoms with Crippen LogP contribution in [0.1, 0.15) is 25.0 Å². The maximum Gasteiger partial charge on any atom is 0.325 e. The molecule has 1 aliphatic rings. The molecule has 2 N–H and O–H groups in total. The molecule has 1 heterocycles. The summed E-state index contributed by atoms with van der Waals surface area (Å²) in [5, 5.41) is 7.47. The number of hydrogen-bond donors (Lipinski definition) is 2. The van der Waals surface area contributed by atoms with E-state index in [-0.39, 0.29) is 6.54 Å². The van der Waals surface area contributed by atoms with Crippen molar-refractivity contribution in [3.63, 3.8) is 0 Å². The summed E-state index contributed by atoms with van der Waals surface area (Å²) in [6.07, 6.45) is 0.763. The number of fused-ring (bicyclic) bond motifs is 1. The second-order valence-corrected chi connectivity index (χ2v) is 7.53. The third-order valence-electron chi connectivity index (χ3n) is 5.58. The van der Waals surface area contributed by atoms with E-state index in [0.29, 0.717) is 11.3 Å². The second kappa shape index (κ2) is 7.63. The summed E-state index contributed by atoms with van der Waals surface area (Å²) in [6, 6.07) is 20.3. The number of aryl methyl sites for hydroxylation is 1. The zero-order chi connectivity index (χ0) is 21.3. The molecule has 4 rings (SSSR count). The topological polar surface area (TPSA) is 78.5 Å². The summed E-state index contributed by atoms with van der Waals surface area (Å²) in [4.78, 5) is 39.5. The van der Waals surface area contributed by atoms with Gasteiger partial charge >= 0.3 is 6.03 Å². The van der Waals surface area contributed by atoms with E-state index < -0.39 is 23.4 Å². The van der Waals surface area contributed by atoms with Gasteiger partial charge in [-0.25, -0.2) is 4.79 Å². The van der Waals surface area contributed by atoms with Crippen molar-refractivity contribution in [1.29, 1.82) is 0 Å². The standard InChI is InChI=1S/C24H23N3O3/c1-3-16-9-5-7-14-20(16)25-21(28)15-27-22(29)24(2,26-23(27)30)19-13-8-11-17-10-4-6-12-18(17)19/h4-14H,3,15H2,1-2H3,(H,25,28)(H,26,30). The number of urea groups is 1. The van der Waals surface area contributed by atoms with Gasteiger partial charge < -0.3 is 10.6 Å². The third-order valence-corrected chi connectivity index (χ3v) is 5.58. The van der Waals surface area contributed by atoms with Crippen LogP contribution < -0.4 is 10.6 Å². The molecule has 3 aromatic carbocycles. The summed E-state index contributed by atoms with van der Waals surface area (Å²) < 4.78 is 0. The number of anilines is 1. The van der Waals surface area contributed by atoms with E-state index in [9.17, 15) is 14.4 Å². The lowest BCUT2D eigenvalue weighted by Gasteiger charge is -2.24. The van der Waals surface area contributed by atoms with Crippen molar-refractivity contribution < 1.29 is 14.4 Å². The lowest BCUT2D eigenvalue weighted by atomic mass is 9.88. The first-order chi connectivity index (χ1) is 14.4. The monoisotopic (exact) mass is 401 g/mol. The highest BCUT2D eigenvalue weighted by Gasteiger charge is 2.50. The number of carbonyl (C=O) groups is 3. The van der Waals surface area contributed by atoms with Crippen LogP contribution in [0.2, 0.25) is 0 Å². The highest BCUT2D eigenvalue weighted by atomic mass is 16.2. The molecule has 152 valence electrons. The fraction of sp³-hybridized carbons (Fsp3) is 0.208. The average Bonchev–Trinajstić information content (AvgIpc) is 2.97. The first-order valence-corrected chi connectivity index (χ1v) is 9.94. The normalized spacial score (nSPS) is 18.5. The molecule has 0 spiro atoms. The fourth-order valence-electron chi connectivity index (χ4n) is 3.97. The minimum Gasteiger partial charge on any atom is -0.324 e. The van der Waals surface area contributed by atoms with E-state index in [4.69, 9.17) is 0 Å². The Labute approximate surface area is 174 Å². The predicted molar refractivity (Wildman–Crippen MR) is 116 cm³/mol. The van der Waals surface area contributed by atoms with Crippen LogP contribution in [-0.2, 0) is 21.5 Å². The molecule has 1 unspecified atom stereocenters. The van der Waals surface area contributed by atoms with Crippen molar-refractivity contribution in [2.45, 2.75) is 25.8 Å². The Bertz CT molecular complexity index is 1150. The van der Waals surface area contributed by atoms with E-state index in [1.165, 1.54) is 0 Å². The lowest BCUT2D eigenvalue weighted by molar-refractivity contribution is -0.133. The van der Waals surface area contributed by atoms with Gasteiger partial charge in [-0.05, 0) is 41.3 Å². The van der Waals surface area contributed by atoms with Gasteiger partial charge in [-0.2, -0.15) is 0 Å². The minimum atomic E-state index is -1.24. The average molecular weight is 401 g/mol. The second-order valence-electron chi connectivity index (χ2n) is 7.53. The molecule has 1 aliphatic heterocycles. The molecular weight excluding hydrogens is 378 g/mol. The van der Waals surface area contributed by atoms with Gasteiger partial charge in [-0.15, -0.1) is 0 Å². The largest absolute Gasteiger partial charge is 0.325 e. The van der Waals surface area contributed by atoms with E-state index in [2.05, 4.69) is 10.6 Å². The van der Waals surface area contributed by atoms with Gasteiger partial charge in [0.05, 0.1) is 0 Å². The van der Waals surface area contributed by atoms with Crippen molar-refractivity contribution in [2.24, 2.45) is 0 Å². The maximum atomic E-state index is 13.3. The van der Waals surface area contributed by atoms with Gasteiger partial charge in [0.25, 0.3) is 5.91 Å². The lowest BCUT2D eigenvalue weighted by Crippen LogP contribution is -2.42. The van der Waals surface area contributed by atoms with Gasteiger partial charge in [0, 0.05) is 5.69 Å². The summed E-state index contributed by atoms with van der Waals surface area (Å²) in [6.45, 7) is 3.33. The number of hydrogen-bond acceptors (Lipinski definition) is 3. The maximum absolute atomic E-state index is 13.3. The minimum absolute atomic E-state index is 0.344. The van der Waals surface area contributed by atoms with Crippen LogP contribution in [0.25, 0.3) is 10.8 Å². The molecule has 0 bridgehead atoms. The molecule has 4 amide bonds. The van der Waals surface area contributed by atoms with Gasteiger partial charge in [0.1, 0.15) is 12.1 Å². The van der Waals surface area contributed by atoms with Crippen molar-refractivity contribution in [1.82, 2.24) is 10.2 Å². The SMILES string of the molecule is CCc1ccccc1NC(=O)CN1C(=O)NC(C)(c2cccc3ccccc23)C1=O. The van der Waals surface area contributed by atoms with Crippen LogP contribution >= 0.6 is 0 Å². The molecule has 0 aromatic heterocycles. The van der Waals surface area contributed by atoms with E-state index >= 15 is 0 Å². The van der Waals surface area contributed by atoms with E-state index in [1.807, 2.05) is 73.7 Å². The molecule has 1 atom stereocenters. The number of amides is 4. The Morgan fingerprint density at radius 3 is 2.50 bits per heavy atom. The third kappa shape index (κ3) is 3.30. The quantitative estimate of drug-likeness (QED) is 0.638. The van der Waals surface area contributed by atoms with Crippen LogP contribution in [-0.4, -0.2) is 29.3 Å². The van der Waals surface area contributed by atoms with Crippen molar-refractivity contribution >= 4 is 34.3 Å². The number of carbonyl (C=O) groups excluding carboxylic acids is 3. The zero-order valence-electron chi connectivity index (χ0n) is 16.9. The Hall–Kier alpha value is -3.67. The Morgan fingerprint density at radius 2 is 1.70 bits per heavy atom. The van der Waals surface area contributed by atoms with Gasteiger partial charge in [-0.3, -0.25) is 14.5 Å². The van der Waals surface area contributed by atoms with Gasteiger partial charge in [0.2, 0.25) is 5.91 Å². The molecule has 6 heteroatoms. The smallest absolute Gasteiger partial charge is 0.324 e. The number of benzene rings is 3. The summed E-state index contributed by atoms with van der Waals surface area (Å²) in [7, 11) is 0. The molecular formula is C24H23N3O3. The van der Waals surface area contributed by atoms with Crippen LogP contribution in [0.4, 0.5) is 10.5 Å². The number of para-hydroxylation sites is 1. The van der Waals surface area contributed by atoms with Crippen molar-refractivity contribution in [3.05, 3.63) is 77.9 Å². The van der Waals surface area contributed by atoms with Gasteiger partial charge in [0.15, 0.2) is 0 Å². The Kier molecular flexibility index (Phi) is 4.99. The van der Waals surface area contributed by atoms with Crippen molar-refractivity contribution in [2.75, 3.05) is 11.9 Å². The van der Waals surface area contributed by atoms with Crippen LogP contribution in [0, 0.1) is 0 Å². The number of nitrogens with one attached hydrogen (secondary N) is 2.